The van der Waals surface area contributed by atoms with E-state index in [1.54, 1.807) is 4.90 Å². The highest BCUT2D eigenvalue weighted by Gasteiger charge is 2.48. The van der Waals surface area contributed by atoms with Crippen molar-refractivity contribution in [2.75, 3.05) is 6.54 Å². The molecule has 2 aliphatic rings. The Bertz CT molecular complexity index is 1150. The van der Waals surface area contributed by atoms with Crippen LogP contribution < -0.4 is 16.4 Å². The van der Waals surface area contributed by atoms with Gasteiger partial charge in [0, 0.05) is 23.7 Å². The third kappa shape index (κ3) is 4.10. The molecular formula is C25H26N4O3. The zero-order valence-electron chi connectivity index (χ0n) is 18.2. The van der Waals surface area contributed by atoms with Gasteiger partial charge in [-0.05, 0) is 42.7 Å². The van der Waals surface area contributed by atoms with Crippen LogP contribution >= 0.6 is 0 Å². The van der Waals surface area contributed by atoms with Crippen molar-refractivity contribution in [2.45, 2.75) is 44.8 Å². The van der Waals surface area contributed by atoms with Gasteiger partial charge in [-0.15, -0.1) is 0 Å². The molecule has 164 valence electrons. The Morgan fingerprint density at radius 3 is 2.56 bits per heavy atom. The van der Waals surface area contributed by atoms with E-state index in [4.69, 9.17) is 5.73 Å². The van der Waals surface area contributed by atoms with Gasteiger partial charge >= 0.3 is 6.03 Å². The molecule has 32 heavy (non-hydrogen) atoms. The second kappa shape index (κ2) is 8.48. The van der Waals surface area contributed by atoms with Crippen LogP contribution in [0.2, 0.25) is 0 Å². The summed E-state index contributed by atoms with van der Waals surface area (Å²) in [4.78, 5) is 39.1. The lowest BCUT2D eigenvalue weighted by atomic mass is 9.98. The minimum atomic E-state index is -1.51. The van der Waals surface area contributed by atoms with Crippen molar-refractivity contribution in [3.63, 3.8) is 0 Å². The zero-order valence-corrected chi connectivity index (χ0v) is 18.2. The molecule has 4 amide bonds. The molecule has 0 radical (unpaired) electrons. The van der Waals surface area contributed by atoms with Gasteiger partial charge in [0.1, 0.15) is 0 Å². The third-order valence-corrected chi connectivity index (χ3v) is 5.87. The molecule has 7 heteroatoms. The standard InChI is InChI=1S/C25H26N4O3/c1-3-4-21(26)18-9-6-17(7-10-18)11-12-25(23(31)27-24(32)28-25)15-29-14-19-8-5-16(2)13-20(19)22(29)30/h5-10,13,21H,3-4,14-15,26H2,1-2H3,(H2,27,28,31,32). The molecule has 1 saturated heterocycles. The molecule has 2 unspecified atom stereocenters. The third-order valence-electron chi connectivity index (χ3n) is 5.87. The van der Waals surface area contributed by atoms with Gasteiger partial charge in [-0.1, -0.05) is 55.0 Å². The van der Waals surface area contributed by atoms with Crippen molar-refractivity contribution in [1.82, 2.24) is 15.5 Å². The van der Waals surface area contributed by atoms with Crippen molar-refractivity contribution in [3.05, 3.63) is 70.3 Å². The van der Waals surface area contributed by atoms with E-state index in [1.165, 1.54) is 0 Å². The SMILES string of the molecule is CCCC(N)c1ccc(C#CC2(CN3Cc4ccc(C)cc4C3=O)NC(=O)NC2=O)cc1. The molecule has 1 fully saturated rings. The lowest BCUT2D eigenvalue weighted by molar-refractivity contribution is -0.122. The maximum atomic E-state index is 12.9. The molecule has 2 aromatic rings. The van der Waals surface area contributed by atoms with Gasteiger partial charge < -0.3 is 16.0 Å². The summed E-state index contributed by atoms with van der Waals surface area (Å²) in [5.41, 5.74) is 8.87. The highest BCUT2D eigenvalue weighted by Crippen LogP contribution is 2.26. The van der Waals surface area contributed by atoms with Crippen molar-refractivity contribution in [1.29, 1.82) is 0 Å². The number of fused-ring (bicyclic) bond motifs is 1. The van der Waals surface area contributed by atoms with Crippen LogP contribution in [0, 0.1) is 18.8 Å². The Morgan fingerprint density at radius 1 is 1.16 bits per heavy atom. The quantitative estimate of drug-likeness (QED) is 0.500. The van der Waals surface area contributed by atoms with Crippen LogP contribution in [0.5, 0.6) is 0 Å². The molecule has 2 heterocycles. The number of rotatable bonds is 5. The van der Waals surface area contributed by atoms with Crippen molar-refractivity contribution in [3.8, 4) is 11.8 Å². The fraction of sp³-hybridized carbons (Fsp3) is 0.320. The van der Waals surface area contributed by atoms with E-state index in [0.717, 1.165) is 29.5 Å². The number of carbonyl (C=O) groups is 3. The van der Waals surface area contributed by atoms with Gasteiger partial charge in [-0.3, -0.25) is 14.9 Å². The number of amides is 4. The van der Waals surface area contributed by atoms with Crippen LogP contribution in [0.4, 0.5) is 4.79 Å². The average molecular weight is 431 g/mol. The van der Waals surface area contributed by atoms with Gasteiger partial charge in [0.05, 0.1) is 6.54 Å². The van der Waals surface area contributed by atoms with Crippen molar-refractivity contribution >= 4 is 17.8 Å². The van der Waals surface area contributed by atoms with Gasteiger partial charge in [-0.25, -0.2) is 4.79 Å². The maximum Gasteiger partial charge on any atom is 0.323 e. The first-order chi connectivity index (χ1) is 15.3. The summed E-state index contributed by atoms with van der Waals surface area (Å²) in [6.07, 6.45) is 1.89. The molecule has 0 spiro atoms. The molecular weight excluding hydrogens is 404 g/mol. The van der Waals surface area contributed by atoms with Gasteiger partial charge in [0.25, 0.3) is 11.8 Å². The predicted octanol–water partition coefficient (Wildman–Crippen LogP) is 2.38. The van der Waals surface area contributed by atoms with E-state index in [0.29, 0.717) is 17.7 Å². The Balaban J connectivity index is 1.59. The van der Waals surface area contributed by atoms with Crippen molar-refractivity contribution in [2.24, 2.45) is 5.73 Å². The largest absolute Gasteiger partial charge is 0.330 e. The Kier molecular flexibility index (Phi) is 5.72. The Hall–Kier alpha value is -3.63. The highest BCUT2D eigenvalue weighted by atomic mass is 16.2. The highest BCUT2D eigenvalue weighted by molar-refractivity contribution is 6.10. The number of hydrogen-bond acceptors (Lipinski definition) is 4. The first kappa shape index (κ1) is 21.6. The molecule has 4 rings (SSSR count). The minimum Gasteiger partial charge on any atom is -0.330 e. The van der Waals surface area contributed by atoms with E-state index in [-0.39, 0.29) is 18.5 Å². The Labute approximate surface area is 187 Å². The average Bonchev–Trinajstić information content (AvgIpc) is 3.22. The first-order valence-electron chi connectivity index (χ1n) is 10.7. The van der Waals surface area contributed by atoms with Gasteiger partial charge in [0.2, 0.25) is 5.54 Å². The summed E-state index contributed by atoms with van der Waals surface area (Å²) in [6.45, 7) is 4.34. The van der Waals surface area contributed by atoms with Crippen LogP contribution in [0.1, 0.15) is 58.4 Å². The lowest BCUT2D eigenvalue weighted by Crippen LogP contribution is -2.54. The van der Waals surface area contributed by atoms with Crippen molar-refractivity contribution < 1.29 is 14.4 Å². The number of urea groups is 1. The van der Waals surface area contributed by atoms with Gasteiger partial charge in [0.15, 0.2) is 0 Å². The number of hydrogen-bond donors (Lipinski definition) is 3. The minimum absolute atomic E-state index is 0.0281. The maximum absolute atomic E-state index is 12.9. The lowest BCUT2D eigenvalue weighted by Gasteiger charge is -2.26. The fourth-order valence-corrected chi connectivity index (χ4v) is 4.09. The van der Waals surface area contributed by atoms with E-state index in [9.17, 15) is 14.4 Å². The molecule has 2 aliphatic heterocycles. The van der Waals surface area contributed by atoms with E-state index in [1.807, 2.05) is 49.4 Å². The number of nitrogens with one attached hydrogen (secondary N) is 2. The van der Waals surface area contributed by atoms with Crippen LogP contribution in [0.25, 0.3) is 0 Å². The predicted molar refractivity (Wildman–Crippen MR) is 120 cm³/mol. The topological polar surface area (TPSA) is 105 Å². The second-order valence-corrected chi connectivity index (χ2v) is 8.40. The molecule has 0 aromatic heterocycles. The normalized spacial score (nSPS) is 20.3. The second-order valence-electron chi connectivity index (χ2n) is 8.40. The fourth-order valence-electron chi connectivity index (χ4n) is 4.09. The Morgan fingerprint density at radius 2 is 1.91 bits per heavy atom. The van der Waals surface area contributed by atoms with Gasteiger partial charge in [-0.2, -0.15) is 0 Å². The molecule has 0 saturated carbocycles. The van der Waals surface area contributed by atoms with Crippen LogP contribution in [0.15, 0.2) is 42.5 Å². The smallest absolute Gasteiger partial charge is 0.323 e. The van der Waals surface area contributed by atoms with E-state index >= 15 is 0 Å². The summed E-state index contributed by atoms with van der Waals surface area (Å²) in [6, 6.07) is 12.6. The summed E-state index contributed by atoms with van der Waals surface area (Å²) in [5.74, 6) is 5.19. The molecule has 2 atom stereocenters. The van der Waals surface area contributed by atoms with E-state index < -0.39 is 17.5 Å². The molecule has 4 N–H and O–H groups in total. The number of aryl methyl sites for hydroxylation is 1. The molecule has 2 aromatic carbocycles. The number of imide groups is 1. The summed E-state index contributed by atoms with van der Waals surface area (Å²) in [5, 5.41) is 4.89. The summed E-state index contributed by atoms with van der Waals surface area (Å²) >= 11 is 0. The number of benzene rings is 2. The molecule has 7 nitrogen and oxygen atoms in total. The molecule has 0 aliphatic carbocycles. The first-order valence-corrected chi connectivity index (χ1v) is 10.7. The number of nitrogens with two attached hydrogens (primary N) is 1. The summed E-state index contributed by atoms with van der Waals surface area (Å²) < 4.78 is 0. The monoisotopic (exact) mass is 430 g/mol. The van der Waals surface area contributed by atoms with E-state index in [2.05, 4.69) is 29.4 Å². The number of nitrogens with zero attached hydrogens (tertiary/aromatic N) is 1. The van der Waals surface area contributed by atoms with Crippen LogP contribution in [-0.4, -0.2) is 34.8 Å². The van der Waals surface area contributed by atoms with Crippen LogP contribution in [-0.2, 0) is 11.3 Å². The number of carbonyl (C=O) groups excluding carboxylic acids is 3. The zero-order chi connectivity index (χ0) is 22.9. The molecule has 0 bridgehead atoms. The summed E-state index contributed by atoms with van der Waals surface area (Å²) in [7, 11) is 0. The van der Waals surface area contributed by atoms with Crippen LogP contribution in [0.3, 0.4) is 0 Å².